The van der Waals surface area contributed by atoms with Crippen LogP contribution in [0.25, 0.3) is 5.69 Å². The summed E-state index contributed by atoms with van der Waals surface area (Å²) in [6, 6.07) is 15.0. The van der Waals surface area contributed by atoms with E-state index in [-0.39, 0.29) is 12.5 Å². The highest BCUT2D eigenvalue weighted by molar-refractivity contribution is 6.07. The lowest BCUT2D eigenvalue weighted by molar-refractivity contribution is -0.131. The van der Waals surface area contributed by atoms with E-state index in [1.54, 1.807) is 6.92 Å². The second-order valence-corrected chi connectivity index (χ2v) is 7.63. The summed E-state index contributed by atoms with van der Waals surface area (Å²) in [5.41, 5.74) is 3.06. The topological polar surface area (TPSA) is 93.0 Å². The predicted octanol–water partition coefficient (Wildman–Crippen LogP) is 2.12. The van der Waals surface area contributed by atoms with Crippen molar-refractivity contribution in [1.82, 2.24) is 30.4 Å². The lowest BCUT2D eigenvalue weighted by Gasteiger charge is -2.23. The van der Waals surface area contributed by atoms with Crippen molar-refractivity contribution < 1.29 is 9.59 Å². The first kappa shape index (κ1) is 17.5. The van der Waals surface area contributed by atoms with Crippen molar-refractivity contribution >= 4 is 11.9 Å². The zero-order chi connectivity index (χ0) is 20.0. The van der Waals surface area contributed by atoms with Crippen LogP contribution in [0, 0.1) is 0 Å². The zero-order valence-corrected chi connectivity index (χ0v) is 16.0. The van der Waals surface area contributed by atoms with E-state index < -0.39 is 11.6 Å². The second-order valence-electron chi connectivity index (χ2n) is 7.63. The Morgan fingerprint density at radius 3 is 2.69 bits per heavy atom. The van der Waals surface area contributed by atoms with Gasteiger partial charge in [0.25, 0.3) is 5.91 Å². The average Bonchev–Trinajstić information content (AvgIpc) is 3.44. The van der Waals surface area contributed by atoms with E-state index in [1.807, 2.05) is 36.4 Å². The summed E-state index contributed by atoms with van der Waals surface area (Å²) in [5.74, 6) is 0.112. The van der Waals surface area contributed by atoms with Gasteiger partial charge in [0.2, 0.25) is 0 Å². The Morgan fingerprint density at radius 1 is 1.07 bits per heavy atom. The van der Waals surface area contributed by atoms with Crippen molar-refractivity contribution in [2.45, 2.75) is 38.3 Å². The largest absolute Gasteiger partial charge is 0.325 e. The minimum atomic E-state index is -1.10. The molecule has 2 heterocycles. The van der Waals surface area contributed by atoms with Crippen molar-refractivity contribution in [3.8, 4) is 5.69 Å². The third-order valence-electron chi connectivity index (χ3n) is 5.79. The van der Waals surface area contributed by atoms with Crippen LogP contribution in [-0.4, -0.2) is 37.0 Å². The second kappa shape index (κ2) is 6.51. The third kappa shape index (κ3) is 2.79. The fraction of sp³-hybridized carbons (Fsp3) is 0.286. The quantitative estimate of drug-likeness (QED) is 0.691. The molecule has 1 aromatic heterocycles. The molecule has 3 aromatic rings. The maximum atomic E-state index is 13.3. The lowest BCUT2D eigenvalue weighted by Crippen LogP contribution is -2.41. The summed E-state index contributed by atoms with van der Waals surface area (Å²) in [5, 5.41) is 14.6. The van der Waals surface area contributed by atoms with E-state index in [0.717, 1.165) is 30.5 Å². The van der Waals surface area contributed by atoms with Crippen molar-refractivity contribution in [2.24, 2.45) is 0 Å². The normalized spacial score (nSPS) is 20.8. The van der Waals surface area contributed by atoms with Gasteiger partial charge in [-0.2, -0.15) is 4.68 Å². The summed E-state index contributed by atoms with van der Waals surface area (Å²) in [4.78, 5) is 27.2. The van der Waals surface area contributed by atoms with Crippen LogP contribution in [0.1, 0.15) is 35.9 Å². The number of hydrogen-bond acceptors (Lipinski definition) is 5. The molecular weight excluding hydrogens is 368 g/mol. The highest BCUT2D eigenvalue weighted by Crippen LogP contribution is 2.33. The van der Waals surface area contributed by atoms with Crippen LogP contribution in [0.4, 0.5) is 4.79 Å². The van der Waals surface area contributed by atoms with E-state index >= 15 is 0 Å². The van der Waals surface area contributed by atoms with Crippen molar-refractivity contribution in [1.29, 1.82) is 0 Å². The van der Waals surface area contributed by atoms with Gasteiger partial charge in [0.15, 0.2) is 5.82 Å². The van der Waals surface area contributed by atoms with Gasteiger partial charge in [-0.1, -0.05) is 36.4 Å². The van der Waals surface area contributed by atoms with Gasteiger partial charge >= 0.3 is 6.03 Å². The zero-order valence-electron chi connectivity index (χ0n) is 16.0. The molecule has 1 aliphatic heterocycles. The fourth-order valence-electron chi connectivity index (χ4n) is 4.13. The van der Waals surface area contributed by atoms with Crippen molar-refractivity contribution in [3.05, 3.63) is 71.0 Å². The van der Waals surface area contributed by atoms with Crippen LogP contribution < -0.4 is 5.32 Å². The molecular formula is C21H20N6O2. The molecule has 3 amide bonds. The SMILES string of the molecule is C[C@@]1(c2ccc3c(c2)CCC3)NC(=O)N(Cc2nnnn2-c2ccccc2)C1=O. The van der Waals surface area contributed by atoms with Crippen LogP contribution in [0.3, 0.4) is 0 Å². The summed E-state index contributed by atoms with van der Waals surface area (Å²) < 4.78 is 1.53. The Labute approximate surface area is 167 Å². The van der Waals surface area contributed by atoms with Gasteiger partial charge in [0.05, 0.1) is 12.2 Å². The van der Waals surface area contributed by atoms with Crippen LogP contribution in [0.5, 0.6) is 0 Å². The Kier molecular flexibility index (Phi) is 3.94. The van der Waals surface area contributed by atoms with Gasteiger partial charge in [-0.25, -0.2) is 4.79 Å². The number of nitrogens with zero attached hydrogens (tertiary/aromatic N) is 5. The van der Waals surface area contributed by atoms with Gasteiger partial charge in [0, 0.05) is 0 Å². The van der Waals surface area contributed by atoms with Crippen LogP contribution in [0.2, 0.25) is 0 Å². The Bertz CT molecular complexity index is 1110. The fourth-order valence-corrected chi connectivity index (χ4v) is 4.13. The van der Waals surface area contributed by atoms with Gasteiger partial charge in [0.1, 0.15) is 5.54 Å². The number of aromatic nitrogens is 4. The molecule has 0 unspecified atom stereocenters. The molecule has 2 aliphatic rings. The molecule has 0 bridgehead atoms. The van der Waals surface area contributed by atoms with Gasteiger partial charge < -0.3 is 5.32 Å². The number of para-hydroxylation sites is 1. The Morgan fingerprint density at radius 2 is 1.86 bits per heavy atom. The molecule has 5 rings (SSSR count). The molecule has 1 aliphatic carbocycles. The molecule has 1 atom stereocenters. The van der Waals surface area contributed by atoms with E-state index in [0.29, 0.717) is 5.82 Å². The molecule has 8 heteroatoms. The van der Waals surface area contributed by atoms with Gasteiger partial charge in [-0.05, 0) is 65.4 Å². The number of rotatable bonds is 4. The first-order valence-corrected chi connectivity index (χ1v) is 9.65. The van der Waals surface area contributed by atoms with Gasteiger partial charge in [-0.3, -0.25) is 9.69 Å². The van der Waals surface area contributed by atoms with E-state index in [4.69, 9.17) is 0 Å². The number of fused-ring (bicyclic) bond motifs is 1. The molecule has 0 spiro atoms. The molecule has 2 aromatic carbocycles. The minimum Gasteiger partial charge on any atom is -0.319 e. The van der Waals surface area contributed by atoms with Crippen molar-refractivity contribution in [2.75, 3.05) is 0 Å². The number of benzene rings is 2. The molecule has 8 nitrogen and oxygen atoms in total. The molecule has 1 N–H and O–H groups in total. The number of amides is 3. The summed E-state index contributed by atoms with van der Waals surface area (Å²) >= 11 is 0. The number of hydrogen-bond donors (Lipinski definition) is 1. The molecule has 29 heavy (non-hydrogen) atoms. The number of tetrazole rings is 1. The molecule has 0 radical (unpaired) electrons. The third-order valence-corrected chi connectivity index (χ3v) is 5.79. The minimum absolute atomic E-state index is 0.00685. The Hall–Kier alpha value is -3.55. The smallest absolute Gasteiger partial charge is 0.319 e. The van der Waals surface area contributed by atoms with Gasteiger partial charge in [-0.15, -0.1) is 5.10 Å². The summed E-state index contributed by atoms with van der Waals surface area (Å²) in [6.45, 7) is 1.75. The van der Waals surface area contributed by atoms with E-state index in [9.17, 15) is 9.59 Å². The lowest BCUT2D eigenvalue weighted by atomic mass is 9.89. The standard InChI is InChI=1S/C21H20N6O2/c1-21(16-11-10-14-6-5-7-15(14)12-16)19(28)26(20(29)22-21)13-18-23-24-25-27(18)17-8-3-2-4-9-17/h2-4,8-12H,5-7,13H2,1H3,(H,22,29)/t21-/m0/s1. The predicted molar refractivity (Wildman–Crippen MR) is 104 cm³/mol. The van der Waals surface area contributed by atoms with E-state index in [1.165, 1.54) is 20.7 Å². The number of urea groups is 1. The molecule has 0 saturated carbocycles. The van der Waals surface area contributed by atoms with Crippen LogP contribution in [-0.2, 0) is 29.7 Å². The number of aryl methyl sites for hydroxylation is 2. The first-order valence-electron chi connectivity index (χ1n) is 9.65. The summed E-state index contributed by atoms with van der Waals surface area (Å²) in [6.07, 6.45) is 3.21. The number of imide groups is 1. The molecule has 1 saturated heterocycles. The highest BCUT2D eigenvalue weighted by Gasteiger charge is 2.49. The Balaban J connectivity index is 1.44. The number of nitrogens with one attached hydrogen (secondary N) is 1. The summed E-state index contributed by atoms with van der Waals surface area (Å²) in [7, 11) is 0. The van der Waals surface area contributed by atoms with Crippen LogP contribution in [0.15, 0.2) is 48.5 Å². The maximum absolute atomic E-state index is 13.3. The molecule has 146 valence electrons. The highest BCUT2D eigenvalue weighted by atomic mass is 16.2. The number of carbonyl (C=O) groups excluding carboxylic acids is 2. The average molecular weight is 388 g/mol. The molecule has 1 fully saturated rings. The van der Waals surface area contributed by atoms with E-state index in [2.05, 4.69) is 33.0 Å². The van der Waals surface area contributed by atoms with Crippen LogP contribution >= 0.6 is 0 Å². The van der Waals surface area contributed by atoms with Crippen molar-refractivity contribution in [3.63, 3.8) is 0 Å². The monoisotopic (exact) mass is 388 g/mol. The number of carbonyl (C=O) groups is 2. The maximum Gasteiger partial charge on any atom is 0.325 e. The first-order chi connectivity index (χ1) is 14.1.